The lowest BCUT2D eigenvalue weighted by Crippen LogP contribution is -2.47. The van der Waals surface area contributed by atoms with Crippen LogP contribution < -0.4 is 15.0 Å². The van der Waals surface area contributed by atoms with Crippen LogP contribution in [0.1, 0.15) is 18.4 Å². The van der Waals surface area contributed by atoms with E-state index in [1.54, 1.807) is 22.8 Å². The highest BCUT2D eigenvalue weighted by molar-refractivity contribution is 5.85. The fourth-order valence-corrected chi connectivity index (χ4v) is 4.97. The summed E-state index contributed by atoms with van der Waals surface area (Å²) < 4.78 is 12.9. The summed E-state index contributed by atoms with van der Waals surface area (Å²) in [5.74, 6) is 1.51. The summed E-state index contributed by atoms with van der Waals surface area (Å²) in [4.78, 5) is 28.3. The lowest BCUT2D eigenvalue weighted by Gasteiger charge is -2.37. The number of pyridine rings is 1. The van der Waals surface area contributed by atoms with Gasteiger partial charge in [-0.25, -0.2) is 4.79 Å². The maximum Gasteiger partial charge on any atom is 0.407 e. The number of fused-ring (bicyclic) bond motifs is 2. The first-order valence-electron chi connectivity index (χ1n) is 11.9. The van der Waals surface area contributed by atoms with Crippen LogP contribution in [0.4, 0.5) is 4.79 Å². The normalized spacial score (nSPS) is 16.3. The van der Waals surface area contributed by atoms with Gasteiger partial charge in [0.15, 0.2) is 11.5 Å². The highest BCUT2D eigenvalue weighted by Gasteiger charge is 2.28. The van der Waals surface area contributed by atoms with Crippen LogP contribution in [0.2, 0.25) is 0 Å². The van der Waals surface area contributed by atoms with E-state index in [9.17, 15) is 19.8 Å². The van der Waals surface area contributed by atoms with Crippen LogP contribution in [0, 0.1) is 0 Å². The van der Waals surface area contributed by atoms with Gasteiger partial charge in [-0.15, -0.1) is 0 Å². The Morgan fingerprint density at radius 3 is 2.54 bits per heavy atom. The molecule has 0 spiro atoms. The number of benzene rings is 2. The number of amides is 1. The molecule has 1 saturated heterocycles. The maximum atomic E-state index is 12.5. The van der Waals surface area contributed by atoms with E-state index in [0.717, 1.165) is 31.5 Å². The zero-order valence-corrected chi connectivity index (χ0v) is 19.4. The molecule has 2 N–H and O–H groups in total. The molecule has 184 valence electrons. The molecule has 0 unspecified atom stereocenters. The zero-order chi connectivity index (χ0) is 24.4. The first-order chi connectivity index (χ1) is 17.0. The molecular formula is C26H29N3O6. The number of likely N-dealkylation sites (tertiary alicyclic amines) is 1. The number of phenols is 1. The van der Waals surface area contributed by atoms with Crippen LogP contribution in [0.15, 0.2) is 53.3 Å². The molecule has 3 aromatic rings. The average Bonchev–Trinajstić information content (AvgIpc) is 2.87. The number of phenolic OH excluding ortho intramolecular Hbond substituents is 1. The lowest BCUT2D eigenvalue weighted by molar-refractivity contribution is 0.0856. The van der Waals surface area contributed by atoms with Crippen molar-refractivity contribution in [3.05, 3.63) is 64.4 Å². The number of ether oxygens (including phenoxy) is 2. The highest BCUT2D eigenvalue weighted by atomic mass is 16.6. The molecule has 9 heteroatoms. The molecule has 1 amide bonds. The smallest absolute Gasteiger partial charge is 0.407 e. The summed E-state index contributed by atoms with van der Waals surface area (Å²) >= 11 is 0. The second-order valence-corrected chi connectivity index (χ2v) is 8.99. The molecule has 35 heavy (non-hydrogen) atoms. The van der Waals surface area contributed by atoms with Crippen LogP contribution in [0.25, 0.3) is 10.9 Å². The van der Waals surface area contributed by atoms with Gasteiger partial charge in [-0.1, -0.05) is 12.1 Å². The van der Waals surface area contributed by atoms with Crippen LogP contribution in [0.5, 0.6) is 17.2 Å². The van der Waals surface area contributed by atoms with Crippen molar-refractivity contribution in [2.24, 2.45) is 0 Å². The minimum absolute atomic E-state index is 0.0748. The fourth-order valence-electron chi connectivity index (χ4n) is 4.97. The fraction of sp³-hybridized carbons (Fsp3) is 0.385. The Labute approximate surface area is 202 Å². The molecule has 2 aliphatic rings. The minimum Gasteiger partial charge on any atom is -0.507 e. The quantitative estimate of drug-likeness (QED) is 0.560. The minimum atomic E-state index is -0.930. The van der Waals surface area contributed by atoms with Crippen LogP contribution >= 0.6 is 0 Å². The Morgan fingerprint density at radius 1 is 1.00 bits per heavy atom. The van der Waals surface area contributed by atoms with Crippen molar-refractivity contribution in [2.75, 3.05) is 32.8 Å². The SMILES string of the molecule is O=C(O)N(Cc1ccc2c(c1)OCCO2)C1CCN(CCn2c(=O)ccc3c(O)cccc32)CC1. The van der Waals surface area contributed by atoms with Gasteiger partial charge in [0.1, 0.15) is 19.0 Å². The molecule has 5 rings (SSSR count). The molecular weight excluding hydrogens is 450 g/mol. The van der Waals surface area contributed by atoms with Gasteiger partial charge in [0.2, 0.25) is 0 Å². The molecule has 0 atom stereocenters. The number of nitrogens with zero attached hydrogens (tertiary/aromatic N) is 3. The number of aromatic hydroxyl groups is 1. The zero-order valence-electron chi connectivity index (χ0n) is 19.4. The molecule has 1 aromatic heterocycles. The molecule has 0 saturated carbocycles. The standard InChI is InChI=1S/C26H29N3O6/c30-22-3-1-2-21-20(22)5-7-25(31)28(21)13-12-27-10-8-19(9-11-27)29(26(32)33)17-18-4-6-23-24(16-18)35-15-14-34-23/h1-7,16,19,30H,8-15,17H2,(H,32,33). The summed E-state index contributed by atoms with van der Waals surface area (Å²) in [5, 5.41) is 20.7. The van der Waals surface area contributed by atoms with Gasteiger partial charge in [0.05, 0.1) is 5.52 Å². The predicted molar refractivity (Wildman–Crippen MR) is 130 cm³/mol. The second-order valence-electron chi connectivity index (χ2n) is 8.99. The van der Waals surface area contributed by atoms with Crippen molar-refractivity contribution in [3.63, 3.8) is 0 Å². The van der Waals surface area contributed by atoms with Crippen LogP contribution in [-0.4, -0.2) is 69.6 Å². The molecule has 2 aliphatic heterocycles. The lowest BCUT2D eigenvalue weighted by atomic mass is 10.0. The predicted octanol–water partition coefficient (Wildman–Crippen LogP) is 3.12. The molecule has 0 aliphatic carbocycles. The third-order valence-electron chi connectivity index (χ3n) is 6.85. The van der Waals surface area contributed by atoms with E-state index in [-0.39, 0.29) is 17.4 Å². The summed E-state index contributed by atoms with van der Waals surface area (Å²) in [6.07, 6.45) is 0.518. The van der Waals surface area contributed by atoms with Gasteiger partial charge in [0.25, 0.3) is 5.56 Å². The number of carboxylic acid groups (broad SMARTS) is 1. The van der Waals surface area contributed by atoms with E-state index in [0.29, 0.717) is 55.2 Å². The topological polar surface area (TPSA) is 104 Å². The number of carbonyl (C=O) groups is 1. The van der Waals surface area contributed by atoms with Crippen molar-refractivity contribution in [2.45, 2.75) is 32.0 Å². The summed E-state index contributed by atoms with van der Waals surface area (Å²) in [6, 6.07) is 13.8. The van der Waals surface area contributed by atoms with Crippen LogP contribution in [0.3, 0.4) is 0 Å². The van der Waals surface area contributed by atoms with Gasteiger partial charge in [-0.3, -0.25) is 4.79 Å². The molecule has 2 aromatic carbocycles. The Kier molecular flexibility index (Phi) is 6.50. The van der Waals surface area contributed by atoms with Gasteiger partial charge < -0.3 is 34.1 Å². The van der Waals surface area contributed by atoms with Crippen molar-refractivity contribution < 1.29 is 24.5 Å². The van der Waals surface area contributed by atoms with Crippen LogP contribution in [-0.2, 0) is 13.1 Å². The summed E-state index contributed by atoms with van der Waals surface area (Å²) in [6.45, 7) is 3.99. The summed E-state index contributed by atoms with van der Waals surface area (Å²) in [7, 11) is 0. The number of piperidine rings is 1. The number of rotatable bonds is 6. The number of hydrogen-bond acceptors (Lipinski definition) is 6. The molecule has 0 bridgehead atoms. The Hall–Kier alpha value is -3.72. The molecule has 1 fully saturated rings. The second kappa shape index (κ2) is 9.87. The summed E-state index contributed by atoms with van der Waals surface area (Å²) in [5.41, 5.74) is 1.48. The van der Waals surface area contributed by atoms with Crippen molar-refractivity contribution in [1.29, 1.82) is 0 Å². The third kappa shape index (κ3) is 4.90. The molecule has 0 radical (unpaired) electrons. The first-order valence-corrected chi connectivity index (χ1v) is 11.9. The average molecular weight is 480 g/mol. The van der Waals surface area contributed by atoms with E-state index in [4.69, 9.17) is 9.47 Å². The monoisotopic (exact) mass is 479 g/mol. The van der Waals surface area contributed by atoms with Crippen molar-refractivity contribution in [1.82, 2.24) is 14.4 Å². The van der Waals surface area contributed by atoms with E-state index in [1.165, 1.54) is 11.0 Å². The number of hydrogen-bond donors (Lipinski definition) is 2. The first kappa shape index (κ1) is 23.0. The number of aromatic nitrogens is 1. The van der Waals surface area contributed by atoms with E-state index >= 15 is 0 Å². The Bertz CT molecular complexity index is 1280. The van der Waals surface area contributed by atoms with Gasteiger partial charge in [0, 0.05) is 50.2 Å². The largest absolute Gasteiger partial charge is 0.507 e. The molecule has 3 heterocycles. The Balaban J connectivity index is 1.21. The van der Waals surface area contributed by atoms with Crippen molar-refractivity contribution >= 4 is 17.0 Å². The Morgan fingerprint density at radius 2 is 1.77 bits per heavy atom. The van der Waals surface area contributed by atoms with E-state index < -0.39 is 6.09 Å². The van der Waals surface area contributed by atoms with Gasteiger partial charge >= 0.3 is 6.09 Å². The van der Waals surface area contributed by atoms with E-state index in [2.05, 4.69) is 4.90 Å². The highest BCUT2D eigenvalue weighted by Crippen LogP contribution is 2.32. The third-order valence-corrected chi connectivity index (χ3v) is 6.85. The van der Waals surface area contributed by atoms with Crippen molar-refractivity contribution in [3.8, 4) is 17.2 Å². The molecule has 9 nitrogen and oxygen atoms in total. The maximum absolute atomic E-state index is 12.5. The van der Waals surface area contributed by atoms with E-state index in [1.807, 2.05) is 24.3 Å². The van der Waals surface area contributed by atoms with Gasteiger partial charge in [-0.2, -0.15) is 0 Å². The van der Waals surface area contributed by atoms with Gasteiger partial charge in [-0.05, 0) is 48.7 Å².